The van der Waals surface area contributed by atoms with Gasteiger partial charge in [0.05, 0.1) is 0 Å². The van der Waals surface area contributed by atoms with Crippen molar-refractivity contribution >= 4 is 0 Å². The first-order valence-electron chi connectivity index (χ1n) is 12.4. The monoisotopic (exact) mass is 422 g/mol. The zero-order chi connectivity index (χ0) is 23.1. The standard InChI is InChI=1S/C26H54N4/c1-23(2,3)27-15-17-29(25(7,8)9)21(19-27)13-14-22-20-28(24(4,5)6)16-18-30(22)26(10,11)12/h21-22H,13-20H2,1-12H3/t21-,22-/m0/s1. The summed E-state index contributed by atoms with van der Waals surface area (Å²) in [5, 5.41) is 0. The normalized spacial score (nSPS) is 27.6. The number of rotatable bonds is 3. The van der Waals surface area contributed by atoms with Gasteiger partial charge < -0.3 is 0 Å². The Bertz CT molecular complexity index is 493. The molecule has 0 bridgehead atoms. The molecular weight excluding hydrogens is 368 g/mol. The van der Waals surface area contributed by atoms with E-state index in [1.807, 2.05) is 0 Å². The second kappa shape index (κ2) is 9.00. The fraction of sp³-hybridized carbons (Fsp3) is 1.00. The third-order valence-corrected chi connectivity index (χ3v) is 7.42. The molecule has 2 aliphatic heterocycles. The molecule has 0 saturated carbocycles. The molecule has 2 fully saturated rings. The summed E-state index contributed by atoms with van der Waals surface area (Å²) in [7, 11) is 0. The van der Waals surface area contributed by atoms with Crippen LogP contribution in [0.1, 0.15) is 95.9 Å². The zero-order valence-electron chi connectivity index (χ0n) is 22.6. The number of nitrogens with zero attached hydrogens (tertiary/aromatic N) is 4. The second-order valence-electron chi connectivity index (χ2n) is 13.8. The SMILES string of the molecule is CC(C)(C)N1CCN(C(C)(C)C)[C@@H](CC[C@H]2CN(C(C)(C)C)CCN2C(C)(C)C)C1. The highest BCUT2D eigenvalue weighted by Crippen LogP contribution is 2.31. The van der Waals surface area contributed by atoms with E-state index in [9.17, 15) is 0 Å². The van der Waals surface area contributed by atoms with E-state index in [0.717, 1.165) is 0 Å². The molecule has 4 heteroatoms. The Morgan fingerprint density at radius 2 is 0.767 bits per heavy atom. The van der Waals surface area contributed by atoms with Gasteiger partial charge in [0.2, 0.25) is 0 Å². The Morgan fingerprint density at radius 1 is 0.467 bits per heavy atom. The quantitative estimate of drug-likeness (QED) is 0.639. The third kappa shape index (κ3) is 6.67. The van der Waals surface area contributed by atoms with Crippen LogP contribution in [0.4, 0.5) is 0 Å². The van der Waals surface area contributed by atoms with E-state index in [1.54, 1.807) is 0 Å². The lowest BCUT2D eigenvalue weighted by molar-refractivity contribution is -0.0446. The predicted octanol–water partition coefficient (Wildman–Crippen LogP) is 4.93. The molecular formula is C26H54N4. The molecule has 2 aliphatic rings. The molecule has 0 unspecified atom stereocenters. The molecule has 2 rings (SSSR count). The van der Waals surface area contributed by atoms with Crippen LogP contribution in [-0.4, -0.2) is 93.1 Å². The van der Waals surface area contributed by atoms with Crippen LogP contribution in [0.2, 0.25) is 0 Å². The van der Waals surface area contributed by atoms with Gasteiger partial charge >= 0.3 is 0 Å². The van der Waals surface area contributed by atoms with E-state index < -0.39 is 0 Å². The molecule has 2 atom stereocenters. The number of piperazine rings is 2. The minimum Gasteiger partial charge on any atom is -0.296 e. The summed E-state index contributed by atoms with van der Waals surface area (Å²) >= 11 is 0. The average Bonchev–Trinajstić information content (AvgIpc) is 2.56. The van der Waals surface area contributed by atoms with Crippen LogP contribution in [0, 0.1) is 0 Å². The highest BCUT2D eigenvalue weighted by atomic mass is 15.3. The van der Waals surface area contributed by atoms with Crippen LogP contribution in [0.5, 0.6) is 0 Å². The Morgan fingerprint density at radius 3 is 1.00 bits per heavy atom. The lowest BCUT2D eigenvalue weighted by Gasteiger charge is -2.53. The van der Waals surface area contributed by atoms with Crippen molar-refractivity contribution in [3.05, 3.63) is 0 Å². The van der Waals surface area contributed by atoms with Gasteiger partial charge in [-0.2, -0.15) is 0 Å². The molecule has 0 aromatic rings. The topological polar surface area (TPSA) is 13.0 Å². The molecule has 0 spiro atoms. The highest BCUT2D eigenvalue weighted by Gasteiger charge is 2.40. The molecule has 30 heavy (non-hydrogen) atoms. The summed E-state index contributed by atoms with van der Waals surface area (Å²) in [5.41, 5.74) is 0.992. The minimum atomic E-state index is 0.238. The summed E-state index contributed by atoms with van der Waals surface area (Å²) in [6.07, 6.45) is 2.58. The molecule has 0 aliphatic carbocycles. The van der Waals surface area contributed by atoms with Gasteiger partial charge in [0.15, 0.2) is 0 Å². The van der Waals surface area contributed by atoms with Crippen LogP contribution in [0.3, 0.4) is 0 Å². The fourth-order valence-electron chi connectivity index (χ4n) is 5.57. The first-order chi connectivity index (χ1) is 13.4. The molecule has 178 valence electrons. The van der Waals surface area contributed by atoms with E-state index in [0.29, 0.717) is 12.1 Å². The van der Waals surface area contributed by atoms with Gasteiger partial charge in [0, 0.05) is 73.5 Å². The molecule has 2 heterocycles. The van der Waals surface area contributed by atoms with Crippen LogP contribution in [0.25, 0.3) is 0 Å². The van der Waals surface area contributed by atoms with Gasteiger partial charge in [-0.05, 0) is 95.9 Å². The summed E-state index contributed by atoms with van der Waals surface area (Å²) in [6, 6.07) is 1.29. The minimum absolute atomic E-state index is 0.238. The Hall–Kier alpha value is -0.160. The molecule has 0 aromatic heterocycles. The Kier molecular flexibility index (Phi) is 7.83. The van der Waals surface area contributed by atoms with E-state index in [2.05, 4.69) is 103 Å². The summed E-state index contributed by atoms with van der Waals surface area (Å²) in [5.74, 6) is 0. The lowest BCUT2D eigenvalue weighted by atomic mass is 9.90. The molecule has 2 saturated heterocycles. The molecule has 0 aromatic carbocycles. The van der Waals surface area contributed by atoms with Gasteiger partial charge in [-0.3, -0.25) is 19.6 Å². The average molecular weight is 423 g/mol. The molecule has 0 N–H and O–H groups in total. The van der Waals surface area contributed by atoms with Crippen molar-refractivity contribution in [1.29, 1.82) is 0 Å². The largest absolute Gasteiger partial charge is 0.296 e. The van der Waals surface area contributed by atoms with Crippen molar-refractivity contribution in [3.8, 4) is 0 Å². The van der Waals surface area contributed by atoms with Gasteiger partial charge in [0.1, 0.15) is 0 Å². The molecule has 0 radical (unpaired) electrons. The number of hydrogen-bond acceptors (Lipinski definition) is 4. The first-order valence-corrected chi connectivity index (χ1v) is 12.4. The second-order valence-corrected chi connectivity index (χ2v) is 13.8. The Labute approximate surface area is 189 Å². The van der Waals surface area contributed by atoms with E-state index in [4.69, 9.17) is 0 Å². The van der Waals surface area contributed by atoms with Crippen LogP contribution < -0.4 is 0 Å². The van der Waals surface area contributed by atoms with Crippen molar-refractivity contribution in [2.75, 3.05) is 39.3 Å². The van der Waals surface area contributed by atoms with Crippen molar-refractivity contribution in [3.63, 3.8) is 0 Å². The van der Waals surface area contributed by atoms with E-state index in [-0.39, 0.29) is 22.2 Å². The summed E-state index contributed by atoms with van der Waals surface area (Å²) in [6.45, 7) is 35.8. The fourth-order valence-corrected chi connectivity index (χ4v) is 5.57. The van der Waals surface area contributed by atoms with Gasteiger partial charge in [-0.15, -0.1) is 0 Å². The van der Waals surface area contributed by atoms with Gasteiger partial charge in [-0.25, -0.2) is 0 Å². The van der Waals surface area contributed by atoms with Crippen molar-refractivity contribution in [2.45, 2.75) is 130 Å². The third-order valence-electron chi connectivity index (χ3n) is 7.42. The zero-order valence-corrected chi connectivity index (χ0v) is 22.6. The Balaban J connectivity index is 2.16. The summed E-state index contributed by atoms with van der Waals surface area (Å²) in [4.78, 5) is 11.0. The maximum Gasteiger partial charge on any atom is 0.0229 e. The maximum atomic E-state index is 2.79. The molecule has 0 amide bonds. The van der Waals surface area contributed by atoms with Crippen molar-refractivity contribution < 1.29 is 0 Å². The lowest BCUT2D eigenvalue weighted by Crippen LogP contribution is -2.64. The number of hydrogen-bond donors (Lipinski definition) is 0. The van der Waals surface area contributed by atoms with Crippen LogP contribution in [0.15, 0.2) is 0 Å². The van der Waals surface area contributed by atoms with E-state index >= 15 is 0 Å². The van der Waals surface area contributed by atoms with Crippen LogP contribution in [-0.2, 0) is 0 Å². The highest BCUT2D eigenvalue weighted by molar-refractivity contribution is 4.96. The smallest absolute Gasteiger partial charge is 0.0229 e. The summed E-state index contributed by atoms with van der Waals surface area (Å²) < 4.78 is 0. The predicted molar refractivity (Wildman–Crippen MR) is 132 cm³/mol. The van der Waals surface area contributed by atoms with Crippen molar-refractivity contribution in [1.82, 2.24) is 19.6 Å². The van der Waals surface area contributed by atoms with Crippen LogP contribution >= 0.6 is 0 Å². The first kappa shape index (κ1) is 26.1. The van der Waals surface area contributed by atoms with Gasteiger partial charge in [-0.1, -0.05) is 0 Å². The van der Waals surface area contributed by atoms with Crippen molar-refractivity contribution in [2.24, 2.45) is 0 Å². The van der Waals surface area contributed by atoms with Gasteiger partial charge in [0.25, 0.3) is 0 Å². The maximum absolute atomic E-state index is 2.79. The van der Waals surface area contributed by atoms with E-state index in [1.165, 1.54) is 52.1 Å². The molecule has 4 nitrogen and oxygen atoms in total.